The molecule has 0 saturated carbocycles. The molecule has 1 aromatic heterocycles. The molecule has 1 N–H and O–H groups in total. The number of methoxy groups -OCH3 is 1. The van der Waals surface area contributed by atoms with Crippen LogP contribution < -0.4 is 14.8 Å². The summed E-state index contributed by atoms with van der Waals surface area (Å²) in [6, 6.07) is 3.69. The molecule has 118 valence electrons. The second kappa shape index (κ2) is 7.11. The molecule has 1 atom stereocenters. The molecule has 2 heterocycles. The third kappa shape index (κ3) is 3.42. The number of nitrogens with zero attached hydrogens (tertiary/aromatic N) is 2. The lowest BCUT2D eigenvalue weighted by atomic mass is 10.0. The Labute approximate surface area is 135 Å². The molecule has 0 bridgehead atoms. The van der Waals surface area contributed by atoms with Crippen LogP contribution in [0.2, 0.25) is 5.15 Å². The summed E-state index contributed by atoms with van der Waals surface area (Å²) < 4.78 is 11.3. The minimum absolute atomic E-state index is 0.425. The van der Waals surface area contributed by atoms with Crippen LogP contribution in [0.5, 0.6) is 11.5 Å². The SMILES string of the molecule is COc1cc2ncnc(Cl)c2cc1OCCCC1CCNC1. The predicted molar refractivity (Wildman–Crippen MR) is 86.8 cm³/mol. The number of halogens is 1. The lowest BCUT2D eigenvalue weighted by Gasteiger charge is -2.13. The number of ether oxygens (including phenoxy) is 2. The lowest BCUT2D eigenvalue weighted by molar-refractivity contribution is 0.278. The van der Waals surface area contributed by atoms with Gasteiger partial charge in [-0.25, -0.2) is 9.97 Å². The smallest absolute Gasteiger partial charge is 0.162 e. The zero-order valence-electron chi connectivity index (χ0n) is 12.6. The Hall–Kier alpha value is -1.59. The molecule has 6 heteroatoms. The third-order valence-corrected chi connectivity index (χ3v) is 4.35. The van der Waals surface area contributed by atoms with Crippen LogP contribution in [-0.4, -0.2) is 36.8 Å². The van der Waals surface area contributed by atoms with Gasteiger partial charge < -0.3 is 14.8 Å². The number of nitrogens with one attached hydrogen (secondary N) is 1. The van der Waals surface area contributed by atoms with Gasteiger partial charge in [-0.15, -0.1) is 0 Å². The molecule has 1 fully saturated rings. The predicted octanol–water partition coefficient (Wildman–Crippen LogP) is 3.06. The van der Waals surface area contributed by atoms with Gasteiger partial charge in [0.15, 0.2) is 11.5 Å². The van der Waals surface area contributed by atoms with Crippen LogP contribution in [-0.2, 0) is 0 Å². The van der Waals surface area contributed by atoms with Crippen LogP contribution in [0.4, 0.5) is 0 Å². The molecule has 1 saturated heterocycles. The van der Waals surface area contributed by atoms with E-state index in [1.807, 2.05) is 12.1 Å². The van der Waals surface area contributed by atoms with Crippen LogP contribution in [0, 0.1) is 5.92 Å². The van der Waals surface area contributed by atoms with E-state index in [9.17, 15) is 0 Å². The van der Waals surface area contributed by atoms with Gasteiger partial charge in [0, 0.05) is 11.5 Å². The van der Waals surface area contributed by atoms with E-state index in [4.69, 9.17) is 21.1 Å². The van der Waals surface area contributed by atoms with Gasteiger partial charge in [-0.05, 0) is 44.3 Å². The van der Waals surface area contributed by atoms with Crippen molar-refractivity contribution in [1.82, 2.24) is 15.3 Å². The minimum atomic E-state index is 0.425. The average molecular weight is 322 g/mol. The summed E-state index contributed by atoms with van der Waals surface area (Å²) in [5.74, 6) is 2.14. The van der Waals surface area contributed by atoms with E-state index in [1.54, 1.807) is 7.11 Å². The topological polar surface area (TPSA) is 56.3 Å². The molecule has 3 rings (SSSR count). The Kier molecular flexibility index (Phi) is 4.95. The molecule has 0 spiro atoms. The fourth-order valence-electron chi connectivity index (χ4n) is 2.82. The standard InChI is InChI=1S/C16H20ClN3O2/c1-21-14-8-13-12(16(17)20-10-19-13)7-15(14)22-6-2-3-11-4-5-18-9-11/h7-8,10-11,18H,2-6,9H2,1H3. The first kappa shape index (κ1) is 15.3. The van der Waals surface area contributed by atoms with E-state index in [0.29, 0.717) is 23.3 Å². The Morgan fingerprint density at radius 2 is 2.23 bits per heavy atom. The van der Waals surface area contributed by atoms with E-state index in [-0.39, 0.29) is 0 Å². The van der Waals surface area contributed by atoms with Gasteiger partial charge in [-0.3, -0.25) is 0 Å². The summed E-state index contributed by atoms with van der Waals surface area (Å²) in [5, 5.41) is 4.59. The van der Waals surface area contributed by atoms with Crippen molar-refractivity contribution in [3.05, 3.63) is 23.6 Å². The highest BCUT2D eigenvalue weighted by atomic mass is 35.5. The summed E-state index contributed by atoms with van der Waals surface area (Å²) in [5.41, 5.74) is 0.751. The fraction of sp³-hybridized carbons (Fsp3) is 0.500. The number of hydrogen-bond acceptors (Lipinski definition) is 5. The molecule has 1 aliphatic rings. The molecule has 0 radical (unpaired) electrons. The van der Waals surface area contributed by atoms with E-state index >= 15 is 0 Å². The normalized spacial score (nSPS) is 17.8. The first-order valence-electron chi connectivity index (χ1n) is 7.59. The maximum absolute atomic E-state index is 6.12. The zero-order chi connectivity index (χ0) is 15.4. The van der Waals surface area contributed by atoms with E-state index < -0.39 is 0 Å². The monoisotopic (exact) mass is 321 g/mol. The minimum Gasteiger partial charge on any atom is -0.493 e. The van der Waals surface area contributed by atoms with Crippen LogP contribution in [0.3, 0.4) is 0 Å². The molecule has 1 unspecified atom stereocenters. The number of aromatic nitrogens is 2. The molecule has 0 amide bonds. The van der Waals surface area contributed by atoms with Crippen molar-refractivity contribution in [2.45, 2.75) is 19.3 Å². The Morgan fingerprint density at radius 3 is 3.00 bits per heavy atom. The lowest BCUT2D eigenvalue weighted by Crippen LogP contribution is -2.10. The molecular formula is C16H20ClN3O2. The number of rotatable bonds is 6. The summed E-state index contributed by atoms with van der Waals surface area (Å²) in [7, 11) is 1.63. The van der Waals surface area contributed by atoms with Crippen LogP contribution >= 0.6 is 11.6 Å². The van der Waals surface area contributed by atoms with Crippen molar-refractivity contribution in [2.75, 3.05) is 26.8 Å². The van der Waals surface area contributed by atoms with E-state index in [0.717, 1.165) is 36.3 Å². The largest absolute Gasteiger partial charge is 0.493 e. The summed E-state index contributed by atoms with van der Waals surface area (Å²) in [6.07, 6.45) is 4.94. The molecular weight excluding hydrogens is 302 g/mol. The van der Waals surface area contributed by atoms with Crippen molar-refractivity contribution < 1.29 is 9.47 Å². The van der Waals surface area contributed by atoms with Crippen LogP contribution in [0.15, 0.2) is 18.5 Å². The van der Waals surface area contributed by atoms with Gasteiger partial charge in [0.25, 0.3) is 0 Å². The number of benzene rings is 1. The summed E-state index contributed by atoms with van der Waals surface area (Å²) >= 11 is 6.12. The van der Waals surface area contributed by atoms with Gasteiger partial charge in [0.1, 0.15) is 11.5 Å². The average Bonchev–Trinajstić information content (AvgIpc) is 3.05. The van der Waals surface area contributed by atoms with E-state index in [1.165, 1.54) is 19.2 Å². The molecule has 1 aliphatic heterocycles. The molecule has 0 aliphatic carbocycles. The third-order valence-electron chi connectivity index (χ3n) is 4.05. The van der Waals surface area contributed by atoms with Crippen molar-refractivity contribution >= 4 is 22.5 Å². The van der Waals surface area contributed by atoms with Crippen molar-refractivity contribution in [3.8, 4) is 11.5 Å². The highest BCUT2D eigenvalue weighted by molar-refractivity contribution is 6.34. The van der Waals surface area contributed by atoms with Crippen molar-refractivity contribution in [1.29, 1.82) is 0 Å². The van der Waals surface area contributed by atoms with Crippen LogP contribution in [0.1, 0.15) is 19.3 Å². The number of hydrogen-bond donors (Lipinski definition) is 1. The Bertz CT molecular complexity index is 645. The maximum Gasteiger partial charge on any atom is 0.162 e. The Morgan fingerprint density at radius 1 is 1.32 bits per heavy atom. The van der Waals surface area contributed by atoms with E-state index in [2.05, 4.69) is 15.3 Å². The first-order valence-corrected chi connectivity index (χ1v) is 7.97. The van der Waals surface area contributed by atoms with Crippen molar-refractivity contribution in [2.24, 2.45) is 5.92 Å². The summed E-state index contributed by atoms with van der Waals surface area (Å²) in [6.45, 7) is 2.94. The second-order valence-corrected chi connectivity index (χ2v) is 5.89. The first-order chi connectivity index (χ1) is 10.8. The fourth-order valence-corrected chi connectivity index (χ4v) is 3.01. The second-order valence-electron chi connectivity index (χ2n) is 5.53. The van der Waals surface area contributed by atoms with Gasteiger partial charge >= 0.3 is 0 Å². The van der Waals surface area contributed by atoms with Crippen LogP contribution in [0.25, 0.3) is 10.9 Å². The highest BCUT2D eigenvalue weighted by Gasteiger charge is 2.14. The molecule has 1 aromatic carbocycles. The molecule has 22 heavy (non-hydrogen) atoms. The quantitative estimate of drug-likeness (QED) is 0.654. The van der Waals surface area contributed by atoms with Gasteiger partial charge in [-0.2, -0.15) is 0 Å². The van der Waals surface area contributed by atoms with Gasteiger partial charge in [0.2, 0.25) is 0 Å². The molecule has 2 aromatic rings. The number of fused-ring (bicyclic) bond motifs is 1. The van der Waals surface area contributed by atoms with Gasteiger partial charge in [0.05, 0.1) is 19.2 Å². The van der Waals surface area contributed by atoms with Crippen molar-refractivity contribution in [3.63, 3.8) is 0 Å². The van der Waals surface area contributed by atoms with Gasteiger partial charge in [-0.1, -0.05) is 11.6 Å². The molecule has 5 nitrogen and oxygen atoms in total. The summed E-state index contributed by atoms with van der Waals surface area (Å²) in [4.78, 5) is 8.21. The Balaban J connectivity index is 1.67. The zero-order valence-corrected chi connectivity index (χ0v) is 13.4. The highest BCUT2D eigenvalue weighted by Crippen LogP contribution is 2.33. The maximum atomic E-state index is 6.12.